The number of rotatable bonds is 4. The number of likely N-dealkylation sites (tertiary alicyclic amines) is 1. The van der Waals surface area contributed by atoms with Crippen LogP contribution in [-0.2, 0) is 4.79 Å². The van der Waals surface area contributed by atoms with E-state index in [1.807, 2.05) is 18.7 Å². The minimum atomic E-state index is -0.331. The van der Waals surface area contributed by atoms with E-state index in [2.05, 4.69) is 11.9 Å². The normalized spacial score (nSPS) is 23.8. The molecule has 2 N–H and O–H groups in total. The van der Waals surface area contributed by atoms with E-state index in [0.29, 0.717) is 6.04 Å². The van der Waals surface area contributed by atoms with E-state index in [0.717, 1.165) is 32.0 Å². The van der Waals surface area contributed by atoms with Gasteiger partial charge in [-0.05, 0) is 38.6 Å². The summed E-state index contributed by atoms with van der Waals surface area (Å²) in [7, 11) is 2.24. The minimum Gasteiger partial charge on any atom is -0.341 e. The highest BCUT2D eigenvalue weighted by Gasteiger charge is 2.34. The molecule has 0 unspecified atom stereocenters. The SMILES string of the molecule is CC(C)[C@H](N)C(=O)N1CCC(N(C)C2CC2)CC1. The molecule has 1 saturated heterocycles. The van der Waals surface area contributed by atoms with Crippen molar-refractivity contribution in [2.45, 2.75) is 57.7 Å². The van der Waals surface area contributed by atoms with Crippen LogP contribution in [0.3, 0.4) is 0 Å². The highest BCUT2D eigenvalue weighted by molar-refractivity contribution is 5.82. The molecule has 0 bridgehead atoms. The fourth-order valence-corrected chi connectivity index (χ4v) is 2.77. The van der Waals surface area contributed by atoms with Gasteiger partial charge in [-0.15, -0.1) is 0 Å². The van der Waals surface area contributed by atoms with Gasteiger partial charge in [-0.1, -0.05) is 13.8 Å². The molecule has 0 aromatic carbocycles. The predicted molar refractivity (Wildman–Crippen MR) is 73.2 cm³/mol. The summed E-state index contributed by atoms with van der Waals surface area (Å²) in [5, 5.41) is 0. The first-order valence-electron chi connectivity index (χ1n) is 7.27. The van der Waals surface area contributed by atoms with E-state index < -0.39 is 0 Å². The maximum atomic E-state index is 12.1. The zero-order valence-electron chi connectivity index (χ0n) is 11.9. The van der Waals surface area contributed by atoms with Crippen molar-refractivity contribution in [2.75, 3.05) is 20.1 Å². The summed E-state index contributed by atoms with van der Waals surface area (Å²) in [5.41, 5.74) is 5.94. The summed E-state index contributed by atoms with van der Waals surface area (Å²) < 4.78 is 0. The summed E-state index contributed by atoms with van der Waals surface area (Å²) >= 11 is 0. The Morgan fingerprint density at radius 3 is 2.11 bits per heavy atom. The van der Waals surface area contributed by atoms with Crippen molar-refractivity contribution in [1.29, 1.82) is 0 Å². The average Bonchev–Trinajstić information content (AvgIpc) is 3.20. The Morgan fingerprint density at radius 1 is 1.17 bits per heavy atom. The smallest absolute Gasteiger partial charge is 0.239 e. The average molecular weight is 253 g/mol. The number of hydrogen-bond acceptors (Lipinski definition) is 3. The first-order chi connectivity index (χ1) is 8.50. The molecular weight excluding hydrogens is 226 g/mol. The molecule has 2 rings (SSSR count). The Balaban J connectivity index is 1.80. The summed E-state index contributed by atoms with van der Waals surface area (Å²) in [6.45, 7) is 5.77. The molecule has 4 nitrogen and oxygen atoms in total. The second-order valence-corrected chi connectivity index (χ2v) is 6.22. The predicted octanol–water partition coefficient (Wildman–Crippen LogP) is 1.05. The molecule has 1 atom stereocenters. The first-order valence-corrected chi connectivity index (χ1v) is 7.27. The fourth-order valence-electron chi connectivity index (χ4n) is 2.77. The molecule has 4 heteroatoms. The van der Waals surface area contributed by atoms with Crippen LogP contribution in [0.1, 0.15) is 39.5 Å². The van der Waals surface area contributed by atoms with Crippen LogP contribution in [0.25, 0.3) is 0 Å². The van der Waals surface area contributed by atoms with Crippen LogP contribution in [0, 0.1) is 5.92 Å². The molecule has 0 radical (unpaired) electrons. The van der Waals surface area contributed by atoms with Crippen molar-refractivity contribution in [3.63, 3.8) is 0 Å². The molecule has 2 fully saturated rings. The van der Waals surface area contributed by atoms with Gasteiger partial charge in [0.05, 0.1) is 6.04 Å². The zero-order chi connectivity index (χ0) is 13.3. The molecule has 1 aliphatic heterocycles. The highest BCUT2D eigenvalue weighted by Crippen LogP contribution is 2.30. The van der Waals surface area contributed by atoms with Gasteiger partial charge >= 0.3 is 0 Å². The Morgan fingerprint density at radius 2 is 1.67 bits per heavy atom. The number of hydrogen-bond donors (Lipinski definition) is 1. The minimum absolute atomic E-state index is 0.137. The van der Waals surface area contributed by atoms with E-state index >= 15 is 0 Å². The number of nitrogens with two attached hydrogens (primary N) is 1. The summed E-state index contributed by atoms with van der Waals surface area (Å²) in [6, 6.07) is 1.15. The van der Waals surface area contributed by atoms with Crippen molar-refractivity contribution in [1.82, 2.24) is 9.80 Å². The first kappa shape index (κ1) is 13.8. The third-order valence-electron chi connectivity index (χ3n) is 4.48. The van der Waals surface area contributed by atoms with Crippen LogP contribution in [0.2, 0.25) is 0 Å². The topological polar surface area (TPSA) is 49.6 Å². The maximum Gasteiger partial charge on any atom is 0.239 e. The van der Waals surface area contributed by atoms with Gasteiger partial charge in [0, 0.05) is 25.2 Å². The van der Waals surface area contributed by atoms with E-state index in [4.69, 9.17) is 5.73 Å². The van der Waals surface area contributed by atoms with Crippen molar-refractivity contribution in [2.24, 2.45) is 11.7 Å². The third-order valence-corrected chi connectivity index (χ3v) is 4.48. The number of carbonyl (C=O) groups is 1. The lowest BCUT2D eigenvalue weighted by Crippen LogP contribution is -2.52. The Bertz CT molecular complexity index is 293. The van der Waals surface area contributed by atoms with E-state index in [-0.39, 0.29) is 17.9 Å². The van der Waals surface area contributed by atoms with Crippen molar-refractivity contribution < 1.29 is 4.79 Å². The van der Waals surface area contributed by atoms with E-state index in [9.17, 15) is 4.79 Å². The van der Waals surface area contributed by atoms with Crippen molar-refractivity contribution in [3.8, 4) is 0 Å². The fraction of sp³-hybridized carbons (Fsp3) is 0.929. The van der Waals surface area contributed by atoms with Crippen molar-refractivity contribution in [3.05, 3.63) is 0 Å². The Kier molecular flexibility index (Phi) is 4.28. The van der Waals surface area contributed by atoms with Gasteiger partial charge in [0.15, 0.2) is 0 Å². The molecule has 18 heavy (non-hydrogen) atoms. The van der Waals surface area contributed by atoms with Crippen LogP contribution in [0.15, 0.2) is 0 Å². The van der Waals surface area contributed by atoms with Gasteiger partial charge in [0.1, 0.15) is 0 Å². The molecule has 1 saturated carbocycles. The zero-order valence-corrected chi connectivity index (χ0v) is 11.9. The molecular formula is C14H27N3O. The number of amides is 1. The Hall–Kier alpha value is -0.610. The van der Waals surface area contributed by atoms with Crippen LogP contribution in [-0.4, -0.2) is 54.0 Å². The van der Waals surface area contributed by atoms with Gasteiger partial charge in [-0.25, -0.2) is 0 Å². The number of piperidine rings is 1. The maximum absolute atomic E-state index is 12.1. The molecule has 1 heterocycles. The molecule has 104 valence electrons. The number of carbonyl (C=O) groups excluding carboxylic acids is 1. The third kappa shape index (κ3) is 3.04. The van der Waals surface area contributed by atoms with Gasteiger partial charge in [0.25, 0.3) is 0 Å². The monoisotopic (exact) mass is 253 g/mol. The second-order valence-electron chi connectivity index (χ2n) is 6.22. The van der Waals surface area contributed by atoms with Crippen LogP contribution >= 0.6 is 0 Å². The van der Waals surface area contributed by atoms with Gasteiger partial charge in [-0.3, -0.25) is 4.79 Å². The summed E-state index contributed by atoms with van der Waals surface area (Å²) in [4.78, 5) is 16.6. The lowest BCUT2D eigenvalue weighted by atomic mass is 9.99. The molecule has 0 aromatic rings. The van der Waals surface area contributed by atoms with E-state index in [1.165, 1.54) is 12.8 Å². The molecule has 1 amide bonds. The summed E-state index contributed by atoms with van der Waals surface area (Å²) in [6.07, 6.45) is 4.91. The van der Waals surface area contributed by atoms with Gasteiger partial charge in [0.2, 0.25) is 5.91 Å². The van der Waals surface area contributed by atoms with Crippen LogP contribution < -0.4 is 5.73 Å². The molecule has 1 aliphatic carbocycles. The Labute approximate surface area is 110 Å². The van der Waals surface area contributed by atoms with Gasteiger partial charge in [-0.2, -0.15) is 0 Å². The van der Waals surface area contributed by atoms with Crippen LogP contribution in [0.5, 0.6) is 0 Å². The molecule has 0 spiro atoms. The second kappa shape index (κ2) is 5.57. The highest BCUT2D eigenvalue weighted by atomic mass is 16.2. The van der Waals surface area contributed by atoms with Crippen LogP contribution in [0.4, 0.5) is 0 Å². The van der Waals surface area contributed by atoms with Crippen molar-refractivity contribution >= 4 is 5.91 Å². The van der Waals surface area contributed by atoms with E-state index in [1.54, 1.807) is 0 Å². The molecule has 2 aliphatic rings. The lowest BCUT2D eigenvalue weighted by Gasteiger charge is -2.38. The molecule has 0 aromatic heterocycles. The lowest BCUT2D eigenvalue weighted by molar-refractivity contribution is -0.135. The number of nitrogens with zero attached hydrogens (tertiary/aromatic N) is 2. The standard InChI is InChI=1S/C14H27N3O/c1-10(2)13(15)14(18)17-8-6-12(7-9-17)16(3)11-4-5-11/h10-13H,4-9,15H2,1-3H3/t13-/m0/s1. The summed E-state index contributed by atoms with van der Waals surface area (Å²) in [5.74, 6) is 0.363. The quantitative estimate of drug-likeness (QED) is 0.815. The largest absolute Gasteiger partial charge is 0.341 e. The van der Waals surface area contributed by atoms with Gasteiger partial charge < -0.3 is 15.5 Å².